The van der Waals surface area contributed by atoms with E-state index in [2.05, 4.69) is 10.1 Å². The lowest BCUT2D eigenvalue weighted by molar-refractivity contribution is 0.118. The van der Waals surface area contributed by atoms with Crippen LogP contribution in [-0.4, -0.2) is 18.7 Å². The van der Waals surface area contributed by atoms with E-state index in [0.717, 1.165) is 6.42 Å². The van der Waals surface area contributed by atoms with Crippen molar-refractivity contribution in [2.45, 2.75) is 19.4 Å². The Bertz CT molecular complexity index is 103. The Balaban J connectivity index is 2.34. The van der Waals surface area contributed by atoms with Crippen LogP contribution in [0.2, 0.25) is 0 Å². The van der Waals surface area contributed by atoms with Gasteiger partial charge in [-0.1, -0.05) is 0 Å². The van der Waals surface area contributed by atoms with Gasteiger partial charge in [0.1, 0.15) is 0 Å². The van der Waals surface area contributed by atoms with Crippen LogP contribution in [0.15, 0.2) is 0 Å². The maximum Gasteiger partial charge on any atom is 0.407 e. The van der Waals surface area contributed by atoms with E-state index < -0.39 is 0 Å². The smallest absolute Gasteiger partial charge is 0.407 e. The lowest BCUT2D eigenvalue weighted by Gasteiger charge is -2.18. The van der Waals surface area contributed by atoms with E-state index in [9.17, 15) is 4.79 Å². The van der Waals surface area contributed by atoms with Crippen molar-refractivity contribution in [3.63, 3.8) is 0 Å². The molecule has 1 aliphatic rings. The number of rotatable bonds is 0. The number of nitrogens with one attached hydrogen (secondary N) is 1. The molecule has 0 aromatic carbocycles. The predicted octanol–water partition coefficient (Wildman–Crippen LogP) is 0.505. The van der Waals surface area contributed by atoms with Crippen molar-refractivity contribution in [2.75, 3.05) is 6.61 Å². The lowest BCUT2D eigenvalue weighted by atomic mass is 10.2. The monoisotopic (exact) mass is 115 g/mol. The van der Waals surface area contributed by atoms with E-state index in [1.165, 1.54) is 0 Å². The van der Waals surface area contributed by atoms with Crippen LogP contribution >= 0.6 is 0 Å². The van der Waals surface area contributed by atoms with E-state index in [1.807, 2.05) is 6.92 Å². The lowest BCUT2D eigenvalue weighted by Crippen LogP contribution is -2.38. The van der Waals surface area contributed by atoms with Crippen molar-refractivity contribution < 1.29 is 9.53 Å². The molecule has 1 atom stereocenters. The van der Waals surface area contributed by atoms with Crippen molar-refractivity contribution in [1.82, 2.24) is 5.32 Å². The number of cyclic esters (lactones) is 1. The number of carbonyl (C=O) groups excluding carboxylic acids is 1. The minimum atomic E-state index is -0.288. The average Bonchev–Trinajstić information content (AvgIpc) is 1.64. The zero-order valence-electron chi connectivity index (χ0n) is 4.81. The first-order valence-electron chi connectivity index (χ1n) is 2.72. The summed E-state index contributed by atoms with van der Waals surface area (Å²) in [4.78, 5) is 10.3. The molecular weight excluding hydrogens is 106 g/mol. The van der Waals surface area contributed by atoms with Gasteiger partial charge in [-0.15, -0.1) is 0 Å². The second-order valence-corrected chi connectivity index (χ2v) is 1.97. The maximum atomic E-state index is 10.3. The molecule has 0 aromatic heterocycles. The fraction of sp³-hybridized carbons (Fsp3) is 0.800. The first-order chi connectivity index (χ1) is 3.79. The first kappa shape index (κ1) is 5.41. The molecule has 1 heterocycles. The molecule has 0 aliphatic carbocycles. The summed E-state index contributed by atoms with van der Waals surface area (Å²) in [5, 5.41) is 2.62. The van der Waals surface area contributed by atoms with E-state index in [0.29, 0.717) is 6.61 Å². The second-order valence-electron chi connectivity index (χ2n) is 1.97. The third kappa shape index (κ3) is 1.12. The Labute approximate surface area is 48.0 Å². The molecule has 0 unspecified atom stereocenters. The fourth-order valence-electron chi connectivity index (χ4n) is 0.643. The molecule has 8 heavy (non-hydrogen) atoms. The number of amides is 1. The standard InChI is InChI=1S/C5H9NO2/c1-4-2-3-8-5(7)6-4/h4H,2-3H2,1H3,(H,6,7)/t4-/m1/s1. The van der Waals surface area contributed by atoms with Gasteiger partial charge in [0.05, 0.1) is 6.61 Å². The number of hydrogen-bond acceptors (Lipinski definition) is 2. The van der Waals surface area contributed by atoms with E-state index in [1.54, 1.807) is 0 Å². The van der Waals surface area contributed by atoms with Crippen LogP contribution in [0.3, 0.4) is 0 Å². The number of ether oxygens (including phenoxy) is 1. The Hall–Kier alpha value is -0.730. The van der Waals surface area contributed by atoms with Gasteiger partial charge in [0.25, 0.3) is 0 Å². The largest absolute Gasteiger partial charge is 0.449 e. The van der Waals surface area contributed by atoms with Gasteiger partial charge in [-0.25, -0.2) is 4.79 Å². The highest BCUT2D eigenvalue weighted by atomic mass is 16.5. The summed E-state index contributed by atoms with van der Waals surface area (Å²) in [6, 6.07) is 0.288. The molecule has 1 rings (SSSR count). The van der Waals surface area contributed by atoms with Gasteiger partial charge in [-0.2, -0.15) is 0 Å². The Morgan fingerprint density at radius 3 is 3.00 bits per heavy atom. The molecule has 3 heteroatoms. The minimum absolute atomic E-state index is 0.288. The highest BCUT2D eigenvalue weighted by Gasteiger charge is 2.13. The predicted molar refractivity (Wildman–Crippen MR) is 28.6 cm³/mol. The molecule has 0 bridgehead atoms. The van der Waals surface area contributed by atoms with Gasteiger partial charge in [0.2, 0.25) is 0 Å². The molecule has 3 nitrogen and oxygen atoms in total. The van der Waals surface area contributed by atoms with E-state index >= 15 is 0 Å². The Kier molecular flexibility index (Phi) is 1.37. The third-order valence-electron chi connectivity index (χ3n) is 1.15. The average molecular weight is 115 g/mol. The van der Waals surface area contributed by atoms with Crippen molar-refractivity contribution in [1.29, 1.82) is 0 Å². The minimum Gasteiger partial charge on any atom is -0.449 e. The summed E-state index contributed by atoms with van der Waals surface area (Å²) in [7, 11) is 0. The summed E-state index contributed by atoms with van der Waals surface area (Å²) in [5.74, 6) is 0. The summed E-state index contributed by atoms with van der Waals surface area (Å²) >= 11 is 0. The van der Waals surface area contributed by atoms with Crippen LogP contribution in [0.25, 0.3) is 0 Å². The Morgan fingerprint density at radius 2 is 2.62 bits per heavy atom. The molecule has 0 aromatic rings. The van der Waals surface area contributed by atoms with Gasteiger partial charge in [0, 0.05) is 12.5 Å². The topological polar surface area (TPSA) is 38.3 Å². The van der Waals surface area contributed by atoms with Crippen LogP contribution in [0.5, 0.6) is 0 Å². The van der Waals surface area contributed by atoms with Gasteiger partial charge in [-0.05, 0) is 6.92 Å². The fourth-order valence-corrected chi connectivity index (χ4v) is 0.643. The molecule has 0 radical (unpaired) electrons. The zero-order chi connectivity index (χ0) is 5.98. The quantitative estimate of drug-likeness (QED) is 0.499. The SMILES string of the molecule is C[C@@H]1CCOC(=O)N1. The summed E-state index contributed by atoms with van der Waals surface area (Å²) in [6.45, 7) is 2.52. The first-order valence-corrected chi connectivity index (χ1v) is 2.72. The maximum absolute atomic E-state index is 10.3. The summed E-state index contributed by atoms with van der Waals surface area (Å²) in [5.41, 5.74) is 0. The molecule has 46 valence electrons. The third-order valence-corrected chi connectivity index (χ3v) is 1.15. The van der Waals surface area contributed by atoms with Crippen molar-refractivity contribution in [3.05, 3.63) is 0 Å². The van der Waals surface area contributed by atoms with Gasteiger partial charge in [0.15, 0.2) is 0 Å². The molecule has 0 saturated carbocycles. The van der Waals surface area contributed by atoms with Crippen molar-refractivity contribution in [2.24, 2.45) is 0 Å². The Morgan fingerprint density at radius 1 is 1.88 bits per heavy atom. The van der Waals surface area contributed by atoms with Crippen LogP contribution < -0.4 is 5.32 Å². The normalized spacial score (nSPS) is 28.6. The molecule has 1 saturated heterocycles. The number of carbonyl (C=O) groups is 1. The van der Waals surface area contributed by atoms with Crippen LogP contribution in [-0.2, 0) is 4.74 Å². The molecule has 0 spiro atoms. The number of alkyl carbamates (subject to hydrolysis) is 1. The van der Waals surface area contributed by atoms with Crippen LogP contribution in [0.1, 0.15) is 13.3 Å². The second kappa shape index (κ2) is 2.03. The van der Waals surface area contributed by atoms with Crippen molar-refractivity contribution in [3.8, 4) is 0 Å². The van der Waals surface area contributed by atoms with Gasteiger partial charge in [-0.3, -0.25) is 0 Å². The molecular formula is C5H9NO2. The number of hydrogen-bond donors (Lipinski definition) is 1. The summed E-state index contributed by atoms with van der Waals surface area (Å²) in [6.07, 6.45) is 0.634. The molecule has 1 amide bonds. The van der Waals surface area contributed by atoms with Crippen molar-refractivity contribution >= 4 is 6.09 Å². The molecule has 1 fully saturated rings. The van der Waals surface area contributed by atoms with Gasteiger partial charge >= 0.3 is 6.09 Å². The molecule has 1 N–H and O–H groups in total. The van der Waals surface area contributed by atoms with Crippen LogP contribution in [0, 0.1) is 0 Å². The van der Waals surface area contributed by atoms with Crippen LogP contribution in [0.4, 0.5) is 4.79 Å². The van der Waals surface area contributed by atoms with E-state index in [-0.39, 0.29) is 12.1 Å². The highest BCUT2D eigenvalue weighted by molar-refractivity contribution is 5.68. The highest BCUT2D eigenvalue weighted by Crippen LogP contribution is 1.97. The summed E-state index contributed by atoms with van der Waals surface area (Å²) < 4.78 is 4.60. The molecule has 1 aliphatic heterocycles. The van der Waals surface area contributed by atoms with E-state index in [4.69, 9.17) is 0 Å². The van der Waals surface area contributed by atoms with Gasteiger partial charge < -0.3 is 10.1 Å². The zero-order valence-corrected chi connectivity index (χ0v) is 4.81.